The molecule has 6 nitrogen and oxygen atoms in total. The highest BCUT2D eigenvalue weighted by molar-refractivity contribution is 5.79. The van der Waals surface area contributed by atoms with Gasteiger partial charge in [0.05, 0.1) is 12.9 Å². The lowest BCUT2D eigenvalue weighted by molar-refractivity contribution is 0.359. The summed E-state index contributed by atoms with van der Waals surface area (Å²) in [6, 6.07) is 7.95. The van der Waals surface area contributed by atoms with E-state index in [0.29, 0.717) is 13.2 Å². The number of imidazole rings is 1. The number of rotatable bonds is 10. The number of hydrogen-bond donors (Lipinski definition) is 2. The topological polar surface area (TPSA) is 63.5 Å². The minimum atomic E-state index is 0.493. The highest BCUT2D eigenvalue weighted by Crippen LogP contribution is 2.18. The van der Waals surface area contributed by atoms with Gasteiger partial charge in [-0.2, -0.15) is 0 Å². The summed E-state index contributed by atoms with van der Waals surface area (Å²) in [5.41, 5.74) is 1.06. The van der Waals surface area contributed by atoms with Gasteiger partial charge in [-0.05, 0) is 19.4 Å². The molecular formula is C19H27N5O. The van der Waals surface area contributed by atoms with E-state index in [4.69, 9.17) is 4.74 Å². The SMILES string of the molecule is C=CCOc1ccccc1CN=C(NCC)NCCCn1ccnc1. The van der Waals surface area contributed by atoms with Crippen LogP contribution in [-0.2, 0) is 13.1 Å². The first-order chi connectivity index (χ1) is 12.3. The summed E-state index contributed by atoms with van der Waals surface area (Å²) in [5, 5.41) is 6.64. The molecule has 1 aromatic heterocycles. The van der Waals surface area contributed by atoms with Crippen LogP contribution in [0.15, 0.2) is 60.6 Å². The second-order valence-electron chi connectivity index (χ2n) is 5.48. The molecule has 0 radical (unpaired) electrons. The fraction of sp³-hybridized carbons (Fsp3) is 0.368. The van der Waals surface area contributed by atoms with Gasteiger partial charge in [-0.1, -0.05) is 30.9 Å². The number of aliphatic imine (C=N–C) groups is 1. The Labute approximate surface area is 149 Å². The van der Waals surface area contributed by atoms with E-state index in [9.17, 15) is 0 Å². The van der Waals surface area contributed by atoms with Gasteiger partial charge in [-0.15, -0.1) is 0 Å². The monoisotopic (exact) mass is 341 g/mol. The molecule has 2 rings (SSSR count). The first-order valence-electron chi connectivity index (χ1n) is 8.63. The quantitative estimate of drug-likeness (QED) is 0.302. The van der Waals surface area contributed by atoms with E-state index in [1.807, 2.05) is 36.8 Å². The Kier molecular flexibility index (Phi) is 8.11. The van der Waals surface area contributed by atoms with E-state index < -0.39 is 0 Å². The zero-order valence-electron chi connectivity index (χ0n) is 14.8. The van der Waals surface area contributed by atoms with E-state index >= 15 is 0 Å². The second-order valence-corrected chi connectivity index (χ2v) is 5.48. The van der Waals surface area contributed by atoms with Gasteiger partial charge in [0.2, 0.25) is 0 Å². The summed E-state index contributed by atoms with van der Waals surface area (Å²) in [6.45, 7) is 9.40. The van der Waals surface area contributed by atoms with E-state index in [0.717, 1.165) is 43.3 Å². The van der Waals surface area contributed by atoms with Gasteiger partial charge < -0.3 is 19.9 Å². The molecule has 0 aliphatic carbocycles. The molecule has 0 fully saturated rings. The second kappa shape index (κ2) is 10.9. The van der Waals surface area contributed by atoms with Crippen molar-refractivity contribution in [2.45, 2.75) is 26.4 Å². The van der Waals surface area contributed by atoms with Crippen molar-refractivity contribution in [3.63, 3.8) is 0 Å². The molecule has 0 unspecified atom stereocenters. The average molecular weight is 341 g/mol. The maximum Gasteiger partial charge on any atom is 0.191 e. The predicted molar refractivity (Wildman–Crippen MR) is 102 cm³/mol. The molecule has 25 heavy (non-hydrogen) atoms. The van der Waals surface area contributed by atoms with Gasteiger partial charge in [0.1, 0.15) is 12.4 Å². The van der Waals surface area contributed by atoms with Crippen LogP contribution in [0, 0.1) is 0 Å². The van der Waals surface area contributed by atoms with Crippen LogP contribution in [0.2, 0.25) is 0 Å². The van der Waals surface area contributed by atoms with Gasteiger partial charge >= 0.3 is 0 Å². The van der Waals surface area contributed by atoms with Crippen molar-refractivity contribution >= 4 is 5.96 Å². The minimum absolute atomic E-state index is 0.493. The van der Waals surface area contributed by atoms with Crippen LogP contribution in [0.25, 0.3) is 0 Å². The molecule has 0 bridgehead atoms. The predicted octanol–water partition coefficient (Wildman–Crippen LogP) is 2.59. The minimum Gasteiger partial charge on any atom is -0.489 e. The van der Waals surface area contributed by atoms with Crippen LogP contribution in [0.3, 0.4) is 0 Å². The number of aryl methyl sites for hydroxylation is 1. The number of guanidine groups is 1. The molecule has 0 atom stereocenters. The molecule has 0 spiro atoms. The largest absolute Gasteiger partial charge is 0.489 e. The Bertz CT molecular complexity index is 652. The van der Waals surface area contributed by atoms with Gasteiger partial charge in [-0.25, -0.2) is 9.98 Å². The van der Waals surface area contributed by atoms with Crippen LogP contribution in [0.1, 0.15) is 18.9 Å². The number of aromatic nitrogens is 2. The van der Waals surface area contributed by atoms with Crippen molar-refractivity contribution in [3.05, 3.63) is 61.2 Å². The average Bonchev–Trinajstić information content (AvgIpc) is 3.15. The molecule has 0 saturated carbocycles. The zero-order valence-corrected chi connectivity index (χ0v) is 14.8. The third kappa shape index (κ3) is 6.71. The normalized spacial score (nSPS) is 11.2. The Hall–Kier alpha value is -2.76. The van der Waals surface area contributed by atoms with Crippen LogP contribution in [0.4, 0.5) is 0 Å². The van der Waals surface area contributed by atoms with Crippen molar-refractivity contribution < 1.29 is 4.74 Å². The Morgan fingerprint density at radius 3 is 3.00 bits per heavy atom. The first kappa shape index (κ1) is 18.6. The summed E-state index contributed by atoms with van der Waals surface area (Å²) in [6.07, 6.45) is 8.34. The first-order valence-corrected chi connectivity index (χ1v) is 8.63. The zero-order chi connectivity index (χ0) is 17.7. The van der Waals surface area contributed by atoms with Crippen molar-refractivity contribution in [1.82, 2.24) is 20.2 Å². The summed E-state index contributed by atoms with van der Waals surface area (Å²) in [5.74, 6) is 1.66. The number of nitrogens with zero attached hydrogens (tertiary/aromatic N) is 3. The highest BCUT2D eigenvalue weighted by atomic mass is 16.5. The summed E-state index contributed by atoms with van der Waals surface area (Å²) in [7, 11) is 0. The van der Waals surface area contributed by atoms with Crippen LogP contribution in [-0.4, -0.2) is 35.2 Å². The highest BCUT2D eigenvalue weighted by Gasteiger charge is 2.03. The maximum atomic E-state index is 5.68. The Morgan fingerprint density at radius 1 is 1.36 bits per heavy atom. The number of para-hydroxylation sites is 1. The molecule has 1 heterocycles. The Morgan fingerprint density at radius 2 is 2.24 bits per heavy atom. The molecule has 0 saturated heterocycles. The fourth-order valence-electron chi connectivity index (χ4n) is 2.32. The van der Waals surface area contributed by atoms with Gasteiger partial charge in [0.25, 0.3) is 0 Å². The fourth-order valence-corrected chi connectivity index (χ4v) is 2.32. The number of hydrogen-bond acceptors (Lipinski definition) is 3. The lowest BCUT2D eigenvalue weighted by Crippen LogP contribution is -2.38. The van der Waals surface area contributed by atoms with E-state index in [-0.39, 0.29) is 0 Å². The summed E-state index contributed by atoms with van der Waals surface area (Å²) < 4.78 is 7.75. The van der Waals surface area contributed by atoms with Crippen LogP contribution >= 0.6 is 0 Å². The van der Waals surface area contributed by atoms with Gasteiger partial charge in [-0.3, -0.25) is 0 Å². The molecule has 0 aliphatic heterocycles. The molecule has 0 amide bonds. The molecular weight excluding hydrogens is 314 g/mol. The lowest BCUT2D eigenvalue weighted by Gasteiger charge is -2.12. The van der Waals surface area contributed by atoms with Crippen molar-refractivity contribution in [2.24, 2.45) is 4.99 Å². The van der Waals surface area contributed by atoms with Gasteiger partial charge in [0.15, 0.2) is 5.96 Å². The van der Waals surface area contributed by atoms with Crippen molar-refractivity contribution in [1.29, 1.82) is 0 Å². The molecule has 6 heteroatoms. The van der Waals surface area contributed by atoms with Crippen LogP contribution in [0.5, 0.6) is 5.75 Å². The summed E-state index contributed by atoms with van der Waals surface area (Å²) >= 11 is 0. The van der Waals surface area contributed by atoms with E-state index in [2.05, 4.69) is 38.7 Å². The standard InChI is InChI=1S/C19H27N5O/c1-3-14-25-18-9-6-5-8-17(18)15-23-19(21-4-2)22-10-7-12-24-13-11-20-16-24/h3,5-6,8-9,11,13,16H,1,4,7,10,12,14-15H2,2H3,(H2,21,22,23). The number of nitrogens with one attached hydrogen (secondary N) is 2. The Balaban J connectivity index is 1.87. The molecule has 134 valence electrons. The maximum absolute atomic E-state index is 5.68. The number of ether oxygens (including phenoxy) is 1. The smallest absolute Gasteiger partial charge is 0.191 e. The third-order valence-corrected chi connectivity index (χ3v) is 3.53. The van der Waals surface area contributed by atoms with E-state index in [1.165, 1.54) is 0 Å². The molecule has 0 aliphatic rings. The summed E-state index contributed by atoms with van der Waals surface area (Å²) in [4.78, 5) is 8.70. The molecule has 1 aromatic carbocycles. The van der Waals surface area contributed by atoms with Gasteiger partial charge in [0, 0.05) is 37.6 Å². The molecule has 2 aromatic rings. The third-order valence-electron chi connectivity index (χ3n) is 3.53. The number of benzene rings is 1. The molecule has 2 N–H and O–H groups in total. The van der Waals surface area contributed by atoms with Crippen LogP contribution < -0.4 is 15.4 Å². The van der Waals surface area contributed by atoms with Crippen molar-refractivity contribution in [3.8, 4) is 5.75 Å². The van der Waals surface area contributed by atoms with E-state index in [1.54, 1.807) is 12.3 Å². The lowest BCUT2D eigenvalue weighted by atomic mass is 10.2. The van der Waals surface area contributed by atoms with Crippen molar-refractivity contribution in [2.75, 3.05) is 19.7 Å².